The number of hydrogen-bond donors (Lipinski definition) is 1. The van der Waals surface area contributed by atoms with Crippen molar-refractivity contribution in [3.63, 3.8) is 0 Å². The minimum Gasteiger partial charge on any atom is -0.507 e. The summed E-state index contributed by atoms with van der Waals surface area (Å²) in [5.74, 6) is -0.107. The Morgan fingerprint density at radius 2 is 1.95 bits per heavy atom. The van der Waals surface area contributed by atoms with Crippen molar-refractivity contribution in [3.05, 3.63) is 62.1 Å². The number of non-ortho nitro benzene ring substituents is 1. The lowest BCUT2D eigenvalue weighted by Gasteiger charge is -2.00. The molecule has 2 aromatic carbocycles. The molecular formula is C13H8Cl2N2O3. The summed E-state index contributed by atoms with van der Waals surface area (Å²) in [6.45, 7) is 0. The van der Waals surface area contributed by atoms with Crippen molar-refractivity contribution in [1.82, 2.24) is 0 Å². The summed E-state index contributed by atoms with van der Waals surface area (Å²) < 4.78 is 0. The molecule has 102 valence electrons. The van der Waals surface area contributed by atoms with E-state index in [1.807, 2.05) is 0 Å². The Labute approximate surface area is 124 Å². The van der Waals surface area contributed by atoms with Gasteiger partial charge in [0.05, 0.1) is 15.6 Å². The topological polar surface area (TPSA) is 75.7 Å². The van der Waals surface area contributed by atoms with Crippen LogP contribution < -0.4 is 0 Å². The molecule has 0 unspecified atom stereocenters. The minimum absolute atomic E-state index is 0.107. The van der Waals surface area contributed by atoms with E-state index in [4.69, 9.17) is 23.2 Å². The lowest BCUT2D eigenvalue weighted by atomic mass is 10.2. The van der Waals surface area contributed by atoms with E-state index in [1.165, 1.54) is 30.5 Å². The molecule has 0 aliphatic carbocycles. The summed E-state index contributed by atoms with van der Waals surface area (Å²) in [5, 5.41) is 21.1. The molecule has 0 aliphatic rings. The molecule has 20 heavy (non-hydrogen) atoms. The number of halogens is 2. The molecule has 0 aliphatic heterocycles. The van der Waals surface area contributed by atoms with Crippen LogP contribution in [0.4, 0.5) is 11.4 Å². The fourth-order valence-corrected chi connectivity index (χ4v) is 1.94. The van der Waals surface area contributed by atoms with Crippen LogP contribution in [-0.4, -0.2) is 16.2 Å². The number of nitrogens with zero attached hydrogens (tertiary/aromatic N) is 2. The second-order valence-corrected chi connectivity index (χ2v) is 4.70. The van der Waals surface area contributed by atoms with Crippen molar-refractivity contribution >= 4 is 40.8 Å². The summed E-state index contributed by atoms with van der Waals surface area (Å²) in [6.07, 6.45) is 1.30. The van der Waals surface area contributed by atoms with E-state index in [2.05, 4.69) is 4.99 Å². The molecule has 0 saturated carbocycles. The number of phenolic OH excluding ortho intramolecular Hbond substituents is 1. The normalized spacial score (nSPS) is 10.9. The van der Waals surface area contributed by atoms with Crippen LogP contribution in [0.15, 0.2) is 41.4 Å². The fraction of sp³-hybridized carbons (Fsp3) is 0. The molecule has 0 spiro atoms. The maximum Gasteiger partial charge on any atom is 0.270 e. The Bertz CT molecular complexity index is 702. The van der Waals surface area contributed by atoms with Crippen LogP contribution in [0.3, 0.4) is 0 Å². The van der Waals surface area contributed by atoms with Gasteiger partial charge in [-0.05, 0) is 24.3 Å². The standard InChI is InChI=1S/C13H8Cl2N2O3/c14-9-1-3-12(11(15)6-9)16-7-8-5-10(17(19)20)2-4-13(8)18/h1-7,18H. The molecule has 0 bridgehead atoms. The highest BCUT2D eigenvalue weighted by molar-refractivity contribution is 6.36. The van der Waals surface area contributed by atoms with Crippen LogP contribution >= 0.6 is 23.2 Å². The van der Waals surface area contributed by atoms with Crippen molar-refractivity contribution in [2.75, 3.05) is 0 Å². The maximum absolute atomic E-state index is 10.7. The van der Waals surface area contributed by atoms with Crippen LogP contribution in [-0.2, 0) is 0 Å². The summed E-state index contributed by atoms with van der Waals surface area (Å²) in [6, 6.07) is 8.43. The number of phenols is 1. The number of aromatic hydroxyl groups is 1. The number of nitro groups is 1. The third kappa shape index (κ3) is 3.26. The zero-order valence-corrected chi connectivity index (χ0v) is 11.5. The van der Waals surface area contributed by atoms with Gasteiger partial charge in [0.25, 0.3) is 5.69 Å². The van der Waals surface area contributed by atoms with E-state index in [0.29, 0.717) is 15.7 Å². The summed E-state index contributed by atoms with van der Waals surface area (Å²) in [4.78, 5) is 14.2. The third-order valence-corrected chi connectivity index (χ3v) is 3.01. The Balaban J connectivity index is 2.35. The molecular weight excluding hydrogens is 303 g/mol. The molecule has 2 rings (SSSR count). The number of benzene rings is 2. The van der Waals surface area contributed by atoms with E-state index >= 15 is 0 Å². The summed E-state index contributed by atoms with van der Waals surface area (Å²) in [5.41, 5.74) is 0.540. The summed E-state index contributed by atoms with van der Waals surface area (Å²) in [7, 11) is 0. The van der Waals surface area contributed by atoms with Gasteiger partial charge in [-0.25, -0.2) is 0 Å². The molecule has 0 amide bonds. The van der Waals surface area contributed by atoms with Gasteiger partial charge < -0.3 is 5.11 Å². The van der Waals surface area contributed by atoms with Crippen LogP contribution in [0, 0.1) is 10.1 Å². The van der Waals surface area contributed by atoms with Gasteiger partial charge >= 0.3 is 0 Å². The molecule has 0 saturated heterocycles. The predicted octanol–water partition coefficient (Wildman–Crippen LogP) is 4.36. The molecule has 2 aromatic rings. The van der Waals surface area contributed by atoms with Crippen LogP contribution in [0.25, 0.3) is 0 Å². The van der Waals surface area contributed by atoms with Gasteiger partial charge in [-0.3, -0.25) is 15.1 Å². The Morgan fingerprint density at radius 3 is 2.60 bits per heavy atom. The molecule has 1 N–H and O–H groups in total. The van der Waals surface area contributed by atoms with Crippen LogP contribution in [0.1, 0.15) is 5.56 Å². The quantitative estimate of drug-likeness (QED) is 0.520. The first-order chi connectivity index (χ1) is 9.47. The lowest BCUT2D eigenvalue weighted by Crippen LogP contribution is -1.90. The highest BCUT2D eigenvalue weighted by Gasteiger charge is 2.09. The van der Waals surface area contributed by atoms with E-state index in [-0.39, 0.29) is 17.0 Å². The zero-order chi connectivity index (χ0) is 14.7. The molecule has 0 atom stereocenters. The first kappa shape index (κ1) is 14.3. The second kappa shape index (κ2) is 5.90. The van der Waals surface area contributed by atoms with Crippen LogP contribution in [0.5, 0.6) is 5.75 Å². The van der Waals surface area contributed by atoms with Gasteiger partial charge in [0.15, 0.2) is 0 Å². The highest BCUT2D eigenvalue weighted by Crippen LogP contribution is 2.28. The Morgan fingerprint density at radius 1 is 1.20 bits per heavy atom. The number of nitro benzene ring substituents is 1. The first-order valence-corrected chi connectivity index (χ1v) is 6.19. The Kier molecular flexibility index (Phi) is 4.22. The first-order valence-electron chi connectivity index (χ1n) is 5.44. The van der Waals surface area contributed by atoms with Gasteiger partial charge in [-0.2, -0.15) is 0 Å². The van der Waals surface area contributed by atoms with E-state index < -0.39 is 4.92 Å². The van der Waals surface area contributed by atoms with Crippen molar-refractivity contribution in [1.29, 1.82) is 0 Å². The van der Waals surface area contributed by atoms with Crippen molar-refractivity contribution in [3.8, 4) is 5.75 Å². The smallest absolute Gasteiger partial charge is 0.270 e. The average molecular weight is 311 g/mol. The minimum atomic E-state index is -0.550. The fourth-order valence-electron chi connectivity index (χ4n) is 1.48. The van der Waals surface area contributed by atoms with Crippen molar-refractivity contribution < 1.29 is 10.0 Å². The van der Waals surface area contributed by atoms with E-state index in [1.54, 1.807) is 12.1 Å². The lowest BCUT2D eigenvalue weighted by molar-refractivity contribution is -0.384. The van der Waals surface area contributed by atoms with E-state index in [9.17, 15) is 15.2 Å². The number of aliphatic imine (C=N–C) groups is 1. The monoisotopic (exact) mass is 310 g/mol. The molecule has 7 heteroatoms. The Hall–Kier alpha value is -2.11. The maximum atomic E-state index is 10.7. The second-order valence-electron chi connectivity index (χ2n) is 3.85. The zero-order valence-electron chi connectivity index (χ0n) is 9.96. The summed E-state index contributed by atoms with van der Waals surface area (Å²) >= 11 is 11.7. The molecule has 0 aromatic heterocycles. The third-order valence-electron chi connectivity index (χ3n) is 2.47. The molecule has 0 radical (unpaired) electrons. The van der Waals surface area contributed by atoms with Gasteiger partial charge in [0, 0.05) is 28.9 Å². The van der Waals surface area contributed by atoms with Gasteiger partial charge in [-0.15, -0.1) is 0 Å². The molecule has 0 fully saturated rings. The van der Waals surface area contributed by atoms with Crippen LogP contribution in [0.2, 0.25) is 10.0 Å². The number of hydrogen-bond acceptors (Lipinski definition) is 4. The highest BCUT2D eigenvalue weighted by atomic mass is 35.5. The van der Waals surface area contributed by atoms with Gasteiger partial charge in [0.2, 0.25) is 0 Å². The molecule has 5 nitrogen and oxygen atoms in total. The van der Waals surface area contributed by atoms with Gasteiger partial charge in [0.1, 0.15) is 5.75 Å². The SMILES string of the molecule is O=[N+]([O-])c1ccc(O)c(C=Nc2ccc(Cl)cc2Cl)c1. The van der Waals surface area contributed by atoms with Crippen molar-refractivity contribution in [2.24, 2.45) is 4.99 Å². The number of rotatable bonds is 3. The van der Waals surface area contributed by atoms with Gasteiger partial charge in [-0.1, -0.05) is 23.2 Å². The largest absolute Gasteiger partial charge is 0.507 e. The average Bonchev–Trinajstić information content (AvgIpc) is 2.39. The van der Waals surface area contributed by atoms with E-state index in [0.717, 1.165) is 0 Å². The molecule has 0 heterocycles. The predicted molar refractivity (Wildman–Crippen MR) is 78.5 cm³/mol. The van der Waals surface area contributed by atoms with Crippen molar-refractivity contribution in [2.45, 2.75) is 0 Å².